The lowest BCUT2D eigenvalue weighted by atomic mass is 9.63. The predicted octanol–water partition coefficient (Wildman–Crippen LogP) is 17.5. The number of rotatable bonds is 7. The van der Waals surface area contributed by atoms with Gasteiger partial charge in [-0.05, 0) is 148 Å². The molecule has 0 radical (unpaired) electrons. The van der Waals surface area contributed by atoms with E-state index in [9.17, 15) is 0 Å². The van der Waals surface area contributed by atoms with Crippen LogP contribution in [0.25, 0.3) is 11.1 Å². The lowest BCUT2D eigenvalue weighted by Crippen LogP contribution is -2.34. The van der Waals surface area contributed by atoms with E-state index < -0.39 is 0 Å². The van der Waals surface area contributed by atoms with Gasteiger partial charge in [0.2, 0.25) is 0 Å². The maximum absolute atomic E-state index is 6.73. The number of nitrogens with zero attached hydrogens (tertiary/aromatic N) is 2. The van der Waals surface area contributed by atoms with Gasteiger partial charge in [0.25, 0.3) is 0 Å². The highest BCUT2D eigenvalue weighted by atomic mass is 16.3. The van der Waals surface area contributed by atoms with Crippen LogP contribution in [0.5, 0.6) is 0 Å². The summed E-state index contributed by atoms with van der Waals surface area (Å²) in [6, 6.07) is 41.9. The van der Waals surface area contributed by atoms with Crippen molar-refractivity contribution in [3.05, 3.63) is 155 Å². The second-order valence-corrected chi connectivity index (χ2v) is 23.4. The van der Waals surface area contributed by atoms with Crippen LogP contribution in [0.2, 0.25) is 0 Å². The summed E-state index contributed by atoms with van der Waals surface area (Å²) in [5.74, 6) is 1.11. The number of fused-ring (bicyclic) bond motifs is 2. The molecule has 0 spiro atoms. The predicted molar refractivity (Wildman–Crippen MR) is 266 cm³/mol. The number of anilines is 6. The molecule has 62 heavy (non-hydrogen) atoms. The second-order valence-electron chi connectivity index (χ2n) is 23.4. The Kier molecular flexibility index (Phi) is 10.6. The van der Waals surface area contributed by atoms with E-state index in [4.69, 9.17) is 4.42 Å². The van der Waals surface area contributed by atoms with Gasteiger partial charge in [-0.15, -0.1) is 0 Å². The highest BCUT2D eigenvalue weighted by Gasteiger charge is 2.44. The summed E-state index contributed by atoms with van der Waals surface area (Å²) in [5, 5.41) is 0. The van der Waals surface area contributed by atoms with Gasteiger partial charge in [0.1, 0.15) is 12.0 Å². The Morgan fingerprint density at radius 3 is 1.61 bits per heavy atom. The molecule has 0 saturated heterocycles. The molecule has 0 unspecified atom stereocenters. The molecule has 0 bridgehead atoms. The molecule has 3 nitrogen and oxygen atoms in total. The van der Waals surface area contributed by atoms with E-state index in [-0.39, 0.29) is 32.5 Å². The standard InChI is InChI=1S/C59H72N2O/c1-39-33-45(60(43-24-21-41(22-25-43)54(2,3)4)51-38-62-53-52(51)58(12,13)31-32-59(53,14)15)36-46(34-39)61(44-26-27-48-49(37-44)57(10,11)30-29-56(48,8)9)50-28-23-42(55(5,6)7)35-47(50)40-19-17-16-18-20-40/h16-28,33-38H,29-32H2,1-15H3. The summed E-state index contributed by atoms with van der Waals surface area (Å²) < 4.78 is 6.73. The Balaban J connectivity index is 1.42. The average Bonchev–Trinajstić information content (AvgIpc) is 3.66. The van der Waals surface area contributed by atoms with Crippen LogP contribution in [0.15, 0.2) is 120 Å². The van der Waals surface area contributed by atoms with Crippen LogP contribution in [-0.4, -0.2) is 0 Å². The first kappa shape index (κ1) is 43.6. The molecule has 6 aromatic rings. The molecule has 3 heteroatoms. The minimum absolute atomic E-state index is 0.0140. The summed E-state index contributed by atoms with van der Waals surface area (Å²) in [4.78, 5) is 5.02. The van der Waals surface area contributed by atoms with E-state index >= 15 is 0 Å². The molecule has 1 aromatic heterocycles. The van der Waals surface area contributed by atoms with Crippen LogP contribution in [-0.2, 0) is 32.5 Å². The van der Waals surface area contributed by atoms with Crippen molar-refractivity contribution >= 4 is 34.1 Å². The highest BCUT2D eigenvalue weighted by molar-refractivity contribution is 5.91. The summed E-state index contributed by atoms with van der Waals surface area (Å²) in [5.41, 5.74) is 17.4. The van der Waals surface area contributed by atoms with Crippen LogP contribution in [0.3, 0.4) is 0 Å². The number of hydrogen-bond donors (Lipinski definition) is 0. The van der Waals surface area contributed by atoms with Gasteiger partial charge in [0.05, 0.1) is 11.4 Å². The number of hydrogen-bond acceptors (Lipinski definition) is 3. The topological polar surface area (TPSA) is 19.6 Å². The van der Waals surface area contributed by atoms with Crippen molar-refractivity contribution < 1.29 is 4.42 Å². The molecule has 2 aliphatic carbocycles. The molecule has 2 aliphatic rings. The Bertz CT molecular complexity index is 2600. The third-order valence-corrected chi connectivity index (χ3v) is 14.5. The van der Waals surface area contributed by atoms with E-state index in [0.717, 1.165) is 47.8 Å². The van der Waals surface area contributed by atoms with Crippen LogP contribution < -0.4 is 9.80 Å². The Labute approximate surface area is 374 Å². The van der Waals surface area contributed by atoms with Gasteiger partial charge in [0.15, 0.2) is 0 Å². The Hall–Kier alpha value is -5.02. The van der Waals surface area contributed by atoms with Crippen molar-refractivity contribution in [3.8, 4) is 11.1 Å². The monoisotopic (exact) mass is 825 g/mol. The van der Waals surface area contributed by atoms with Crippen molar-refractivity contribution in [3.63, 3.8) is 0 Å². The smallest absolute Gasteiger partial charge is 0.115 e. The number of furan rings is 1. The zero-order valence-corrected chi connectivity index (χ0v) is 40.6. The lowest BCUT2D eigenvalue weighted by molar-refractivity contribution is 0.278. The molecule has 0 atom stereocenters. The highest BCUT2D eigenvalue weighted by Crippen LogP contribution is 2.55. The largest absolute Gasteiger partial charge is 0.466 e. The third-order valence-electron chi connectivity index (χ3n) is 14.5. The first-order chi connectivity index (χ1) is 28.9. The fourth-order valence-electron chi connectivity index (χ4n) is 10.3. The molecule has 0 aliphatic heterocycles. The van der Waals surface area contributed by atoms with Gasteiger partial charge in [-0.2, -0.15) is 0 Å². The maximum atomic E-state index is 6.73. The van der Waals surface area contributed by atoms with Crippen LogP contribution in [0.1, 0.15) is 162 Å². The van der Waals surface area contributed by atoms with E-state index in [0.29, 0.717) is 0 Å². The van der Waals surface area contributed by atoms with E-state index in [1.165, 1.54) is 62.3 Å². The van der Waals surface area contributed by atoms with Crippen molar-refractivity contribution in [2.45, 2.75) is 162 Å². The fourth-order valence-corrected chi connectivity index (χ4v) is 10.3. The normalized spacial score (nSPS) is 17.5. The van der Waals surface area contributed by atoms with Crippen LogP contribution in [0.4, 0.5) is 34.1 Å². The SMILES string of the molecule is Cc1cc(N(c2ccc3c(c2)C(C)(C)CCC3(C)C)c2ccc(C(C)(C)C)cc2-c2ccccc2)cc(N(c2ccc(C(C)(C)C)cc2)c2coc3c2C(C)(C)CCC3(C)C)c1. The zero-order chi connectivity index (χ0) is 44.8. The molecule has 0 N–H and O–H groups in total. The molecule has 0 fully saturated rings. The molecule has 0 amide bonds. The van der Waals surface area contributed by atoms with Crippen molar-refractivity contribution in [1.29, 1.82) is 0 Å². The number of benzene rings is 5. The van der Waals surface area contributed by atoms with E-state index in [1.807, 2.05) is 6.26 Å². The summed E-state index contributed by atoms with van der Waals surface area (Å²) in [7, 11) is 0. The minimum Gasteiger partial charge on any atom is -0.466 e. The molecule has 5 aromatic carbocycles. The lowest BCUT2D eigenvalue weighted by Gasteiger charge is -2.42. The van der Waals surface area contributed by atoms with Crippen LogP contribution >= 0.6 is 0 Å². The van der Waals surface area contributed by atoms with Gasteiger partial charge in [-0.3, -0.25) is 0 Å². The maximum Gasteiger partial charge on any atom is 0.115 e. The Morgan fingerprint density at radius 2 is 1.00 bits per heavy atom. The van der Waals surface area contributed by atoms with E-state index in [1.54, 1.807) is 0 Å². The van der Waals surface area contributed by atoms with Crippen molar-refractivity contribution in [2.75, 3.05) is 9.80 Å². The second kappa shape index (κ2) is 15.1. The molecule has 324 valence electrons. The summed E-state index contributed by atoms with van der Waals surface area (Å²) in [6.45, 7) is 35.3. The third kappa shape index (κ3) is 7.95. The molecule has 0 saturated carbocycles. The quantitative estimate of drug-likeness (QED) is 0.160. The van der Waals surface area contributed by atoms with Gasteiger partial charge >= 0.3 is 0 Å². The fraction of sp³-hybridized carbons (Fsp3) is 0.424. The molecular weight excluding hydrogens is 753 g/mol. The first-order valence-corrected chi connectivity index (χ1v) is 23.2. The molecular formula is C59H72N2O. The van der Waals surface area contributed by atoms with Crippen LogP contribution in [0, 0.1) is 6.92 Å². The summed E-state index contributed by atoms with van der Waals surface area (Å²) >= 11 is 0. The zero-order valence-electron chi connectivity index (χ0n) is 40.6. The molecule has 1 heterocycles. The van der Waals surface area contributed by atoms with Gasteiger partial charge < -0.3 is 14.2 Å². The van der Waals surface area contributed by atoms with Gasteiger partial charge in [0, 0.05) is 39.3 Å². The van der Waals surface area contributed by atoms with Crippen molar-refractivity contribution in [1.82, 2.24) is 0 Å². The summed E-state index contributed by atoms with van der Waals surface area (Å²) in [6.07, 6.45) is 6.58. The van der Waals surface area contributed by atoms with Gasteiger partial charge in [-0.1, -0.05) is 152 Å². The van der Waals surface area contributed by atoms with E-state index in [2.05, 4.69) is 223 Å². The van der Waals surface area contributed by atoms with Crippen molar-refractivity contribution in [2.24, 2.45) is 0 Å². The Morgan fingerprint density at radius 1 is 0.468 bits per heavy atom. The number of aryl methyl sites for hydroxylation is 1. The molecule has 8 rings (SSSR count). The minimum atomic E-state index is -0.0570. The average molecular weight is 825 g/mol. The van der Waals surface area contributed by atoms with Gasteiger partial charge in [-0.25, -0.2) is 0 Å². The first-order valence-electron chi connectivity index (χ1n) is 23.2.